The van der Waals surface area contributed by atoms with E-state index in [9.17, 15) is 14.7 Å². The lowest BCUT2D eigenvalue weighted by Crippen LogP contribution is -2.30. The third kappa shape index (κ3) is 5.64. The van der Waals surface area contributed by atoms with Crippen LogP contribution in [0, 0.1) is 0 Å². The Hall–Kier alpha value is -3.15. The maximum atomic E-state index is 12.2. The fourth-order valence-corrected chi connectivity index (χ4v) is 6.44. The van der Waals surface area contributed by atoms with Gasteiger partial charge in [0.05, 0.1) is 27.7 Å². The van der Waals surface area contributed by atoms with Gasteiger partial charge in [-0.1, -0.05) is 17.8 Å². The third-order valence-electron chi connectivity index (χ3n) is 7.56. The van der Waals surface area contributed by atoms with Crippen LogP contribution in [-0.4, -0.2) is 62.0 Å². The van der Waals surface area contributed by atoms with Crippen molar-refractivity contribution in [2.45, 2.75) is 76.5 Å². The molecule has 0 spiro atoms. The van der Waals surface area contributed by atoms with Crippen LogP contribution in [0.3, 0.4) is 0 Å². The maximum absolute atomic E-state index is 12.2. The molecule has 3 N–H and O–H groups in total. The summed E-state index contributed by atoms with van der Waals surface area (Å²) < 4.78 is 0.888. The number of aliphatic hydroxyl groups excluding tert-OH is 1. The molecular formula is C27H33N7O3S. The van der Waals surface area contributed by atoms with Gasteiger partial charge in [0.15, 0.2) is 5.13 Å². The zero-order valence-electron chi connectivity index (χ0n) is 21.4. The van der Waals surface area contributed by atoms with Crippen LogP contribution in [-0.2, 0) is 16.1 Å². The lowest BCUT2D eigenvalue weighted by Gasteiger charge is -2.27. The number of nitrogens with zero attached hydrogens (tertiary/aromatic N) is 5. The number of fused-ring (bicyclic) bond motifs is 1. The van der Waals surface area contributed by atoms with Gasteiger partial charge in [0.2, 0.25) is 17.8 Å². The fourth-order valence-electron chi connectivity index (χ4n) is 5.54. The summed E-state index contributed by atoms with van der Waals surface area (Å²) in [4.78, 5) is 42.4. The number of likely N-dealkylation sites (tertiary alicyclic amines) is 1. The molecule has 3 fully saturated rings. The highest BCUT2D eigenvalue weighted by Crippen LogP contribution is 2.33. The molecule has 6 rings (SSSR count). The number of carbonyl (C=O) groups excluding carboxylic acids is 2. The van der Waals surface area contributed by atoms with Crippen LogP contribution < -0.4 is 15.5 Å². The Morgan fingerprint density at radius 3 is 2.47 bits per heavy atom. The second kappa shape index (κ2) is 10.9. The van der Waals surface area contributed by atoms with E-state index in [-0.39, 0.29) is 36.8 Å². The van der Waals surface area contributed by atoms with Crippen molar-refractivity contribution in [3.8, 4) is 0 Å². The number of hydrogen-bond donors (Lipinski definition) is 3. The van der Waals surface area contributed by atoms with Crippen molar-refractivity contribution < 1.29 is 14.7 Å². The Bertz CT molecular complexity index is 1320. The van der Waals surface area contributed by atoms with Gasteiger partial charge in [0.25, 0.3) is 0 Å². The van der Waals surface area contributed by atoms with Gasteiger partial charge in [-0.2, -0.15) is 4.98 Å². The number of carbonyl (C=O) groups is 2. The molecule has 1 aromatic carbocycles. The van der Waals surface area contributed by atoms with E-state index in [4.69, 9.17) is 15.0 Å². The molecule has 2 aromatic heterocycles. The highest BCUT2D eigenvalue weighted by molar-refractivity contribution is 7.22. The summed E-state index contributed by atoms with van der Waals surface area (Å²) >= 11 is 1.46. The van der Waals surface area contributed by atoms with Gasteiger partial charge < -0.3 is 15.7 Å². The van der Waals surface area contributed by atoms with Gasteiger partial charge in [-0.25, -0.2) is 9.97 Å². The van der Waals surface area contributed by atoms with Crippen LogP contribution in [0.25, 0.3) is 10.2 Å². The summed E-state index contributed by atoms with van der Waals surface area (Å²) in [5, 5.41) is 17.4. The van der Waals surface area contributed by atoms with Crippen LogP contribution in [0.1, 0.15) is 63.5 Å². The van der Waals surface area contributed by atoms with Crippen molar-refractivity contribution in [2.24, 2.45) is 0 Å². The molecule has 200 valence electrons. The summed E-state index contributed by atoms with van der Waals surface area (Å²) in [5.74, 6) is 0.950. The average molecular weight is 536 g/mol. The summed E-state index contributed by atoms with van der Waals surface area (Å²) in [6.45, 7) is 2.94. The van der Waals surface area contributed by atoms with Crippen molar-refractivity contribution in [1.82, 2.24) is 19.9 Å². The highest BCUT2D eigenvalue weighted by atomic mass is 32.1. The summed E-state index contributed by atoms with van der Waals surface area (Å²) in [5.41, 5.74) is 2.34. The standard InChI is InChI=1S/C27H33N7O3S/c35-20-7-4-17(5-8-20)28-26-29-18(16-33-12-2-1-3-13-33)14-23(31-26)32-27-30-21-9-6-19(15-22(21)38-27)34-24(36)10-11-25(34)37/h6,9,14-15,17,20,35H,1-5,7-8,10-13,16H2,(H2,28,29,30,31,32). The number of thiazole rings is 1. The molecule has 4 heterocycles. The number of aliphatic hydroxyl groups is 1. The largest absolute Gasteiger partial charge is 0.393 e. The van der Waals surface area contributed by atoms with E-state index in [1.165, 1.54) is 35.5 Å². The molecule has 0 atom stereocenters. The Balaban J connectivity index is 1.24. The number of nitrogens with one attached hydrogen (secondary N) is 2. The van der Waals surface area contributed by atoms with Crippen molar-refractivity contribution in [1.29, 1.82) is 0 Å². The highest BCUT2D eigenvalue weighted by Gasteiger charge is 2.30. The second-order valence-electron chi connectivity index (χ2n) is 10.5. The number of amides is 2. The Morgan fingerprint density at radius 1 is 0.947 bits per heavy atom. The lowest BCUT2D eigenvalue weighted by molar-refractivity contribution is -0.121. The lowest BCUT2D eigenvalue weighted by atomic mass is 9.93. The van der Waals surface area contributed by atoms with Crippen LogP contribution in [0.15, 0.2) is 24.3 Å². The minimum Gasteiger partial charge on any atom is -0.393 e. The second-order valence-corrected chi connectivity index (χ2v) is 11.5. The number of imide groups is 1. The van der Waals surface area contributed by atoms with Gasteiger partial charge in [-0.15, -0.1) is 0 Å². The number of anilines is 4. The number of hydrogen-bond acceptors (Lipinski definition) is 10. The zero-order valence-corrected chi connectivity index (χ0v) is 22.2. The first kappa shape index (κ1) is 25.1. The number of aromatic nitrogens is 3. The third-order valence-corrected chi connectivity index (χ3v) is 8.49. The Labute approximate surface area is 225 Å². The Kier molecular flexibility index (Phi) is 7.22. The molecule has 0 unspecified atom stereocenters. The quantitative estimate of drug-likeness (QED) is 0.382. The van der Waals surface area contributed by atoms with Gasteiger partial charge >= 0.3 is 0 Å². The van der Waals surface area contributed by atoms with E-state index in [1.807, 2.05) is 18.2 Å². The van der Waals surface area contributed by atoms with Crippen molar-refractivity contribution in [3.05, 3.63) is 30.0 Å². The maximum Gasteiger partial charge on any atom is 0.234 e. The molecule has 38 heavy (non-hydrogen) atoms. The molecule has 0 bridgehead atoms. The first-order valence-corrected chi connectivity index (χ1v) is 14.4. The SMILES string of the molecule is O=C1CCC(=O)N1c1ccc2nc(Nc3cc(CN4CCCCC4)nc(NC4CCC(O)CC4)n3)sc2c1. The van der Waals surface area contributed by atoms with E-state index >= 15 is 0 Å². The predicted octanol–water partition coefficient (Wildman–Crippen LogP) is 4.18. The summed E-state index contributed by atoms with van der Waals surface area (Å²) in [6.07, 6.45) is 7.40. The van der Waals surface area contributed by atoms with E-state index < -0.39 is 0 Å². The van der Waals surface area contributed by atoms with E-state index in [0.29, 0.717) is 22.6 Å². The van der Waals surface area contributed by atoms with Crippen LogP contribution in [0.4, 0.5) is 22.6 Å². The minimum absolute atomic E-state index is 0.160. The molecule has 3 aliphatic rings. The van der Waals surface area contributed by atoms with E-state index in [1.54, 1.807) is 6.07 Å². The number of rotatable bonds is 7. The van der Waals surface area contributed by atoms with Crippen molar-refractivity contribution in [3.63, 3.8) is 0 Å². The zero-order chi connectivity index (χ0) is 26.1. The van der Waals surface area contributed by atoms with Crippen LogP contribution in [0.2, 0.25) is 0 Å². The molecule has 11 heteroatoms. The monoisotopic (exact) mass is 535 g/mol. The Morgan fingerprint density at radius 2 is 1.71 bits per heavy atom. The van der Waals surface area contributed by atoms with E-state index in [0.717, 1.165) is 61.2 Å². The molecule has 0 radical (unpaired) electrons. The van der Waals surface area contributed by atoms with Crippen LogP contribution >= 0.6 is 11.3 Å². The smallest absolute Gasteiger partial charge is 0.234 e. The van der Waals surface area contributed by atoms with Crippen molar-refractivity contribution in [2.75, 3.05) is 28.6 Å². The molecule has 3 aromatic rings. The predicted molar refractivity (Wildman–Crippen MR) is 148 cm³/mol. The first-order chi connectivity index (χ1) is 18.5. The molecule has 2 aliphatic heterocycles. The summed E-state index contributed by atoms with van der Waals surface area (Å²) in [6, 6.07) is 7.71. The van der Waals surface area contributed by atoms with E-state index in [2.05, 4.69) is 15.5 Å². The molecule has 10 nitrogen and oxygen atoms in total. The minimum atomic E-state index is -0.210. The van der Waals surface area contributed by atoms with Gasteiger partial charge in [-0.05, 0) is 69.8 Å². The molecule has 2 amide bonds. The number of piperidine rings is 1. The molecular weight excluding hydrogens is 502 g/mol. The van der Waals surface area contributed by atoms with Crippen molar-refractivity contribution >= 4 is 56.0 Å². The molecule has 1 saturated carbocycles. The van der Waals surface area contributed by atoms with Gasteiger partial charge in [0.1, 0.15) is 5.82 Å². The molecule has 2 saturated heterocycles. The molecule has 1 aliphatic carbocycles. The van der Waals surface area contributed by atoms with Gasteiger partial charge in [-0.3, -0.25) is 19.4 Å². The fraction of sp³-hybridized carbons (Fsp3) is 0.519. The number of benzene rings is 1. The van der Waals surface area contributed by atoms with Crippen LogP contribution in [0.5, 0.6) is 0 Å². The topological polar surface area (TPSA) is 124 Å². The van der Waals surface area contributed by atoms with Gasteiger partial charge in [0, 0.05) is 31.5 Å². The summed E-state index contributed by atoms with van der Waals surface area (Å²) in [7, 11) is 0. The normalized spacial score (nSPS) is 22.8. The first-order valence-electron chi connectivity index (χ1n) is 13.6. The average Bonchev–Trinajstić information content (AvgIpc) is 3.46.